The van der Waals surface area contributed by atoms with E-state index < -0.39 is 0 Å². The summed E-state index contributed by atoms with van der Waals surface area (Å²) in [6.07, 6.45) is 5.25. The lowest BCUT2D eigenvalue weighted by atomic mass is 9.51. The third-order valence-electron chi connectivity index (χ3n) is 4.96. The van der Waals surface area contributed by atoms with E-state index in [1.165, 1.54) is 19.3 Å². The fourth-order valence-electron chi connectivity index (χ4n) is 3.58. The average molecular weight is 435 g/mol. The Morgan fingerprint density at radius 3 is 2.78 bits per heavy atom. The molecule has 0 radical (unpaired) electrons. The Kier molecular flexibility index (Phi) is 6.24. The number of aryl methyl sites for hydroxylation is 1. The quantitative estimate of drug-likeness (QED) is 0.418. The number of rotatable bonds is 5. The number of hydrogen-bond acceptors (Lipinski definition) is 5. The van der Waals surface area contributed by atoms with Crippen molar-refractivity contribution in [1.82, 2.24) is 20.8 Å². The van der Waals surface area contributed by atoms with Gasteiger partial charge in [0, 0.05) is 32.0 Å². The molecule has 2 aliphatic carbocycles. The summed E-state index contributed by atoms with van der Waals surface area (Å²) in [5, 5.41) is 10.7. The second-order valence-corrected chi connectivity index (χ2v) is 6.12. The largest absolute Gasteiger partial charge is 0.378 e. The van der Waals surface area contributed by atoms with Crippen LogP contribution in [-0.2, 0) is 11.3 Å². The molecule has 0 aliphatic heterocycles. The normalized spacial score (nSPS) is 25.3. The molecule has 23 heavy (non-hydrogen) atoms. The monoisotopic (exact) mass is 435 g/mol. The molecule has 0 saturated heterocycles. The highest BCUT2D eigenvalue weighted by atomic mass is 127. The van der Waals surface area contributed by atoms with Gasteiger partial charge in [-0.15, -0.1) is 24.0 Å². The molecule has 8 heteroatoms. The first-order valence-corrected chi connectivity index (χ1v) is 8.06. The highest BCUT2D eigenvalue weighted by molar-refractivity contribution is 14.0. The standard InChI is InChI=1S/C15H25N5O2.HI/c1-4-21-12-8-11(15(12)6-5-7-15)19-14(16-3)17-9-13-18-10(2)22-20-13;/h11-12H,4-9H2,1-3H3,(H2,16,17,19);1H. The molecule has 0 amide bonds. The van der Waals surface area contributed by atoms with Crippen molar-refractivity contribution in [2.45, 2.75) is 58.2 Å². The molecular formula is C15H26IN5O2. The highest BCUT2D eigenvalue weighted by Crippen LogP contribution is 2.57. The van der Waals surface area contributed by atoms with E-state index in [4.69, 9.17) is 9.26 Å². The lowest BCUT2D eigenvalue weighted by molar-refractivity contribution is -0.168. The van der Waals surface area contributed by atoms with Gasteiger partial charge in [0.2, 0.25) is 5.89 Å². The Morgan fingerprint density at radius 1 is 1.48 bits per heavy atom. The molecule has 2 saturated carbocycles. The van der Waals surface area contributed by atoms with Gasteiger partial charge in [-0.05, 0) is 26.2 Å². The van der Waals surface area contributed by atoms with Gasteiger partial charge in [0.1, 0.15) is 0 Å². The van der Waals surface area contributed by atoms with Crippen molar-refractivity contribution in [3.8, 4) is 0 Å². The second-order valence-electron chi connectivity index (χ2n) is 6.12. The topological polar surface area (TPSA) is 84.6 Å². The molecule has 1 spiro atoms. The number of ether oxygens (including phenoxy) is 1. The van der Waals surface area contributed by atoms with Gasteiger partial charge in [-0.3, -0.25) is 4.99 Å². The van der Waals surface area contributed by atoms with E-state index in [0.717, 1.165) is 19.0 Å². The lowest BCUT2D eigenvalue weighted by Crippen LogP contribution is -2.68. The Labute approximate surface area is 154 Å². The number of nitrogens with one attached hydrogen (secondary N) is 2. The second kappa shape index (κ2) is 7.78. The molecule has 1 aromatic rings. The molecule has 2 unspecified atom stereocenters. The van der Waals surface area contributed by atoms with E-state index in [0.29, 0.717) is 35.8 Å². The van der Waals surface area contributed by atoms with Crippen LogP contribution in [0, 0.1) is 12.3 Å². The molecule has 7 nitrogen and oxygen atoms in total. The van der Waals surface area contributed by atoms with Crippen LogP contribution in [0.25, 0.3) is 0 Å². The van der Waals surface area contributed by atoms with Crippen LogP contribution >= 0.6 is 24.0 Å². The van der Waals surface area contributed by atoms with Crippen molar-refractivity contribution < 1.29 is 9.26 Å². The van der Waals surface area contributed by atoms with Gasteiger partial charge in [-0.25, -0.2) is 0 Å². The molecule has 0 bridgehead atoms. The maximum atomic E-state index is 5.88. The van der Waals surface area contributed by atoms with Crippen molar-refractivity contribution in [2.75, 3.05) is 13.7 Å². The van der Waals surface area contributed by atoms with E-state index in [2.05, 4.69) is 32.7 Å². The first-order chi connectivity index (χ1) is 10.7. The van der Waals surface area contributed by atoms with Gasteiger partial charge in [-0.2, -0.15) is 4.98 Å². The van der Waals surface area contributed by atoms with Gasteiger partial charge in [0.25, 0.3) is 0 Å². The summed E-state index contributed by atoms with van der Waals surface area (Å²) in [6.45, 7) is 5.15. The third kappa shape index (κ3) is 3.62. The van der Waals surface area contributed by atoms with Crippen molar-refractivity contribution in [1.29, 1.82) is 0 Å². The maximum Gasteiger partial charge on any atom is 0.223 e. The fraction of sp³-hybridized carbons (Fsp3) is 0.800. The highest BCUT2D eigenvalue weighted by Gasteiger charge is 2.59. The van der Waals surface area contributed by atoms with Gasteiger partial charge < -0.3 is 19.9 Å². The fourth-order valence-corrected chi connectivity index (χ4v) is 3.58. The number of hydrogen-bond donors (Lipinski definition) is 2. The summed E-state index contributed by atoms with van der Waals surface area (Å²) in [5.74, 6) is 2.00. The Bertz CT molecular complexity index is 544. The molecule has 130 valence electrons. The average Bonchev–Trinajstić information content (AvgIpc) is 2.85. The first-order valence-electron chi connectivity index (χ1n) is 8.06. The molecule has 3 rings (SSSR count). The molecule has 2 atom stereocenters. The Hall–Kier alpha value is -0.900. The van der Waals surface area contributed by atoms with Crippen LogP contribution in [0.2, 0.25) is 0 Å². The number of aliphatic imine (C=N–C) groups is 1. The third-order valence-corrected chi connectivity index (χ3v) is 4.96. The first kappa shape index (κ1) is 18.4. The van der Waals surface area contributed by atoms with Gasteiger partial charge in [-0.1, -0.05) is 11.6 Å². The smallest absolute Gasteiger partial charge is 0.223 e. The summed E-state index contributed by atoms with van der Waals surface area (Å²) in [6, 6.07) is 0.441. The lowest BCUT2D eigenvalue weighted by Gasteiger charge is -2.61. The molecule has 2 aliphatic rings. The number of guanidine groups is 1. The van der Waals surface area contributed by atoms with Crippen LogP contribution in [0.3, 0.4) is 0 Å². The molecular weight excluding hydrogens is 409 g/mol. The van der Waals surface area contributed by atoms with Crippen LogP contribution in [0.5, 0.6) is 0 Å². The predicted molar refractivity (Wildman–Crippen MR) is 97.9 cm³/mol. The van der Waals surface area contributed by atoms with Crippen molar-refractivity contribution >= 4 is 29.9 Å². The minimum absolute atomic E-state index is 0. The number of aromatic nitrogens is 2. The zero-order valence-corrected chi connectivity index (χ0v) is 16.3. The molecule has 1 heterocycles. The van der Waals surface area contributed by atoms with Crippen LogP contribution in [0.1, 0.15) is 44.3 Å². The molecule has 2 fully saturated rings. The van der Waals surface area contributed by atoms with Gasteiger partial charge >= 0.3 is 0 Å². The van der Waals surface area contributed by atoms with Crippen LogP contribution in [0.4, 0.5) is 0 Å². The number of nitrogens with zero attached hydrogens (tertiary/aromatic N) is 3. The zero-order valence-electron chi connectivity index (χ0n) is 14.0. The minimum atomic E-state index is 0. The van der Waals surface area contributed by atoms with Crippen LogP contribution < -0.4 is 10.6 Å². The summed E-state index contributed by atoms with van der Waals surface area (Å²) in [5.41, 5.74) is 0.316. The molecule has 2 N–H and O–H groups in total. The molecule has 0 aromatic carbocycles. The van der Waals surface area contributed by atoms with Crippen LogP contribution in [0.15, 0.2) is 9.52 Å². The SMILES string of the molecule is CCOC1CC(NC(=NC)NCc2noc(C)n2)C12CCC2.I. The summed E-state index contributed by atoms with van der Waals surface area (Å²) < 4.78 is 10.8. The van der Waals surface area contributed by atoms with Gasteiger partial charge in [0.15, 0.2) is 11.8 Å². The summed E-state index contributed by atoms with van der Waals surface area (Å²) in [4.78, 5) is 8.47. The summed E-state index contributed by atoms with van der Waals surface area (Å²) >= 11 is 0. The van der Waals surface area contributed by atoms with Crippen molar-refractivity contribution in [3.05, 3.63) is 11.7 Å². The van der Waals surface area contributed by atoms with Crippen molar-refractivity contribution in [3.63, 3.8) is 0 Å². The van der Waals surface area contributed by atoms with Gasteiger partial charge in [0.05, 0.1) is 12.6 Å². The zero-order chi connectivity index (χ0) is 15.6. The van der Waals surface area contributed by atoms with Crippen molar-refractivity contribution in [2.24, 2.45) is 10.4 Å². The minimum Gasteiger partial charge on any atom is -0.378 e. The maximum absolute atomic E-state index is 5.88. The summed E-state index contributed by atoms with van der Waals surface area (Å²) in [7, 11) is 1.78. The van der Waals surface area contributed by atoms with Crippen LogP contribution in [-0.4, -0.2) is 41.9 Å². The van der Waals surface area contributed by atoms with E-state index in [9.17, 15) is 0 Å². The predicted octanol–water partition coefficient (Wildman–Crippen LogP) is 2.01. The Morgan fingerprint density at radius 2 is 2.26 bits per heavy atom. The molecule has 1 aromatic heterocycles. The number of halogens is 1. The Balaban J connectivity index is 0.00000192. The van der Waals surface area contributed by atoms with E-state index in [1.54, 1.807) is 14.0 Å². The van der Waals surface area contributed by atoms with E-state index in [1.807, 2.05) is 0 Å². The van der Waals surface area contributed by atoms with E-state index in [-0.39, 0.29) is 24.0 Å². The van der Waals surface area contributed by atoms with E-state index >= 15 is 0 Å².